The number of nitro benzene ring substituents is 1. The predicted octanol–water partition coefficient (Wildman–Crippen LogP) is 2.14. The third kappa shape index (κ3) is 3.47. The van der Waals surface area contributed by atoms with E-state index in [-0.39, 0.29) is 5.69 Å². The van der Waals surface area contributed by atoms with Gasteiger partial charge in [-0.3, -0.25) is 19.9 Å². The van der Waals surface area contributed by atoms with E-state index in [1.807, 2.05) is 0 Å². The number of hydrazone groups is 1. The van der Waals surface area contributed by atoms with Crippen molar-refractivity contribution in [2.45, 2.75) is 6.92 Å². The maximum absolute atomic E-state index is 11.8. The molecule has 0 aliphatic carbocycles. The third-order valence-corrected chi connectivity index (χ3v) is 2.74. The third-order valence-electron chi connectivity index (χ3n) is 2.74. The fourth-order valence-corrected chi connectivity index (χ4v) is 1.70. The molecule has 7 nitrogen and oxygen atoms in total. The molecule has 0 aliphatic rings. The molecule has 0 aliphatic heterocycles. The molecule has 0 saturated carbocycles. The van der Waals surface area contributed by atoms with Crippen molar-refractivity contribution in [2.24, 2.45) is 5.10 Å². The lowest BCUT2D eigenvalue weighted by molar-refractivity contribution is -0.385. The van der Waals surface area contributed by atoms with Gasteiger partial charge >= 0.3 is 0 Å². The zero-order chi connectivity index (χ0) is 15.2. The van der Waals surface area contributed by atoms with E-state index in [0.29, 0.717) is 16.8 Å². The number of nitro groups is 1. The molecule has 0 atom stereocenters. The molecule has 21 heavy (non-hydrogen) atoms. The monoisotopic (exact) mass is 284 g/mol. The van der Waals surface area contributed by atoms with Crippen LogP contribution in [0.5, 0.6) is 0 Å². The van der Waals surface area contributed by atoms with E-state index in [1.54, 1.807) is 43.5 Å². The summed E-state index contributed by atoms with van der Waals surface area (Å²) in [6, 6.07) is 9.43. The number of hydrogen-bond acceptors (Lipinski definition) is 5. The number of amides is 1. The van der Waals surface area contributed by atoms with Gasteiger partial charge in [-0.1, -0.05) is 12.1 Å². The van der Waals surface area contributed by atoms with Crippen LogP contribution < -0.4 is 5.43 Å². The molecule has 1 N–H and O–H groups in total. The van der Waals surface area contributed by atoms with Crippen molar-refractivity contribution in [2.75, 3.05) is 0 Å². The van der Waals surface area contributed by atoms with E-state index in [1.165, 1.54) is 12.3 Å². The van der Waals surface area contributed by atoms with Gasteiger partial charge in [0, 0.05) is 18.5 Å². The Balaban J connectivity index is 2.19. The summed E-state index contributed by atoms with van der Waals surface area (Å²) >= 11 is 0. The van der Waals surface area contributed by atoms with Crippen molar-refractivity contribution in [3.63, 3.8) is 0 Å². The molecular formula is C14H12N4O3. The van der Waals surface area contributed by atoms with E-state index in [2.05, 4.69) is 15.5 Å². The highest BCUT2D eigenvalue weighted by atomic mass is 16.6. The smallest absolute Gasteiger partial charge is 0.267 e. The van der Waals surface area contributed by atoms with Crippen molar-refractivity contribution in [1.82, 2.24) is 10.4 Å². The lowest BCUT2D eigenvalue weighted by Crippen LogP contribution is -2.19. The standard InChI is InChI=1S/C14H12N4O3/c1-10(12-6-2-3-7-13(12)18(20)21)16-17-14(19)11-5-4-8-15-9-11/h2-9H,1H3,(H,17,19)/b16-10-. The van der Waals surface area contributed by atoms with Crippen LogP contribution in [0.3, 0.4) is 0 Å². The molecule has 1 aromatic heterocycles. The maximum atomic E-state index is 11.8. The van der Waals surface area contributed by atoms with Crippen LogP contribution >= 0.6 is 0 Å². The van der Waals surface area contributed by atoms with Crippen LogP contribution in [-0.2, 0) is 0 Å². The Morgan fingerprint density at radius 3 is 2.71 bits per heavy atom. The van der Waals surface area contributed by atoms with Gasteiger partial charge in [-0.05, 0) is 25.1 Å². The predicted molar refractivity (Wildman–Crippen MR) is 77.0 cm³/mol. The molecule has 106 valence electrons. The number of rotatable bonds is 4. The second-order valence-corrected chi connectivity index (χ2v) is 4.15. The second-order valence-electron chi connectivity index (χ2n) is 4.15. The first kappa shape index (κ1) is 14.3. The number of nitrogens with one attached hydrogen (secondary N) is 1. The number of carbonyl (C=O) groups excluding carboxylic acids is 1. The summed E-state index contributed by atoms with van der Waals surface area (Å²) in [5.41, 5.74) is 3.35. The molecule has 0 radical (unpaired) electrons. The van der Waals surface area contributed by atoms with Gasteiger partial charge in [-0.15, -0.1) is 0 Å². The summed E-state index contributed by atoms with van der Waals surface area (Å²) in [6.07, 6.45) is 2.96. The van der Waals surface area contributed by atoms with E-state index < -0.39 is 10.8 Å². The minimum Gasteiger partial charge on any atom is -0.267 e. The molecule has 1 amide bonds. The fourth-order valence-electron chi connectivity index (χ4n) is 1.70. The maximum Gasteiger partial charge on any atom is 0.278 e. The summed E-state index contributed by atoms with van der Waals surface area (Å²) in [4.78, 5) is 26.1. The second kappa shape index (κ2) is 6.38. The molecule has 1 heterocycles. The zero-order valence-electron chi connectivity index (χ0n) is 11.2. The van der Waals surface area contributed by atoms with Crippen molar-refractivity contribution in [3.8, 4) is 0 Å². The summed E-state index contributed by atoms with van der Waals surface area (Å²) in [7, 11) is 0. The van der Waals surface area contributed by atoms with Gasteiger partial charge in [0.25, 0.3) is 11.6 Å². The average molecular weight is 284 g/mol. The zero-order valence-corrected chi connectivity index (χ0v) is 11.2. The summed E-state index contributed by atoms with van der Waals surface area (Å²) < 4.78 is 0. The number of carbonyl (C=O) groups is 1. The van der Waals surface area contributed by atoms with E-state index in [4.69, 9.17) is 0 Å². The Bertz CT molecular complexity index is 698. The van der Waals surface area contributed by atoms with Crippen molar-refractivity contribution < 1.29 is 9.72 Å². The van der Waals surface area contributed by atoms with Crippen molar-refractivity contribution in [1.29, 1.82) is 0 Å². The summed E-state index contributed by atoms with van der Waals surface area (Å²) in [5, 5.41) is 14.8. The minimum absolute atomic E-state index is 0.0608. The van der Waals surface area contributed by atoms with Gasteiger partial charge in [-0.25, -0.2) is 5.43 Å². The number of para-hydroxylation sites is 1. The van der Waals surface area contributed by atoms with Gasteiger partial charge in [0.15, 0.2) is 0 Å². The van der Waals surface area contributed by atoms with Gasteiger partial charge in [0.1, 0.15) is 0 Å². The number of hydrogen-bond donors (Lipinski definition) is 1. The highest BCUT2D eigenvalue weighted by Gasteiger charge is 2.15. The quantitative estimate of drug-likeness (QED) is 0.528. The Morgan fingerprint density at radius 2 is 2.05 bits per heavy atom. The first-order valence-corrected chi connectivity index (χ1v) is 6.08. The Morgan fingerprint density at radius 1 is 1.29 bits per heavy atom. The summed E-state index contributed by atoms with van der Waals surface area (Å²) in [6.45, 7) is 1.59. The van der Waals surface area contributed by atoms with E-state index >= 15 is 0 Å². The molecular weight excluding hydrogens is 272 g/mol. The highest BCUT2D eigenvalue weighted by Crippen LogP contribution is 2.18. The van der Waals surface area contributed by atoms with Crippen LogP contribution in [0.2, 0.25) is 0 Å². The van der Waals surface area contributed by atoms with E-state index in [9.17, 15) is 14.9 Å². The molecule has 0 unspecified atom stereocenters. The summed E-state index contributed by atoms with van der Waals surface area (Å²) in [5.74, 6) is -0.430. The van der Waals surface area contributed by atoms with Crippen LogP contribution in [-0.4, -0.2) is 21.5 Å². The number of aromatic nitrogens is 1. The number of benzene rings is 1. The lowest BCUT2D eigenvalue weighted by Gasteiger charge is -2.03. The van der Waals surface area contributed by atoms with Crippen LogP contribution in [0.4, 0.5) is 5.69 Å². The molecule has 0 bridgehead atoms. The Labute approximate surface area is 120 Å². The average Bonchev–Trinajstić information content (AvgIpc) is 2.53. The fraction of sp³-hybridized carbons (Fsp3) is 0.0714. The lowest BCUT2D eigenvalue weighted by atomic mass is 10.1. The molecule has 1 aromatic carbocycles. The van der Waals surface area contributed by atoms with Gasteiger partial charge in [-0.2, -0.15) is 5.10 Å². The first-order chi connectivity index (χ1) is 10.1. The van der Waals surface area contributed by atoms with Gasteiger partial charge in [0.05, 0.1) is 21.8 Å². The highest BCUT2D eigenvalue weighted by molar-refractivity contribution is 6.03. The van der Waals surface area contributed by atoms with Gasteiger partial charge in [0.2, 0.25) is 0 Å². The molecule has 2 aromatic rings. The molecule has 7 heteroatoms. The SMILES string of the molecule is C/C(=N/NC(=O)c1cccnc1)c1ccccc1[N+](=O)[O-]. The number of nitrogens with zero attached hydrogens (tertiary/aromatic N) is 3. The van der Waals surface area contributed by atoms with Crippen LogP contribution in [0.25, 0.3) is 0 Å². The van der Waals surface area contributed by atoms with Crippen LogP contribution in [0, 0.1) is 10.1 Å². The molecule has 0 saturated heterocycles. The van der Waals surface area contributed by atoms with Gasteiger partial charge < -0.3 is 0 Å². The normalized spacial score (nSPS) is 11.0. The first-order valence-electron chi connectivity index (χ1n) is 6.08. The van der Waals surface area contributed by atoms with Crippen LogP contribution in [0.15, 0.2) is 53.9 Å². The Hall–Kier alpha value is -3.09. The molecule has 0 fully saturated rings. The van der Waals surface area contributed by atoms with E-state index in [0.717, 1.165) is 0 Å². The van der Waals surface area contributed by atoms with Crippen molar-refractivity contribution in [3.05, 3.63) is 70.0 Å². The molecule has 2 rings (SSSR count). The Kier molecular flexibility index (Phi) is 4.35. The minimum atomic E-state index is -0.489. The number of pyridine rings is 1. The van der Waals surface area contributed by atoms with Crippen LogP contribution in [0.1, 0.15) is 22.8 Å². The molecule has 0 spiro atoms. The largest absolute Gasteiger partial charge is 0.278 e. The van der Waals surface area contributed by atoms with Crippen molar-refractivity contribution >= 4 is 17.3 Å². The topological polar surface area (TPSA) is 97.5 Å².